The summed E-state index contributed by atoms with van der Waals surface area (Å²) in [4.78, 5) is 14.2. The molecule has 19 heavy (non-hydrogen) atoms. The SMILES string of the molecule is CC1CCN(c2ccc(=O)n(CCCCN)c2)CC1. The summed E-state index contributed by atoms with van der Waals surface area (Å²) >= 11 is 0. The Morgan fingerprint density at radius 1 is 1.26 bits per heavy atom. The first-order valence-electron chi connectivity index (χ1n) is 7.36. The molecule has 1 fully saturated rings. The minimum atomic E-state index is 0.0890. The fraction of sp³-hybridized carbons (Fsp3) is 0.667. The van der Waals surface area contributed by atoms with Crippen molar-refractivity contribution in [2.45, 2.75) is 39.2 Å². The Morgan fingerprint density at radius 3 is 2.68 bits per heavy atom. The molecule has 0 spiro atoms. The van der Waals surface area contributed by atoms with E-state index in [1.165, 1.54) is 18.5 Å². The zero-order valence-corrected chi connectivity index (χ0v) is 11.8. The summed E-state index contributed by atoms with van der Waals surface area (Å²) in [5.41, 5.74) is 6.76. The molecule has 0 radical (unpaired) electrons. The van der Waals surface area contributed by atoms with E-state index in [2.05, 4.69) is 11.8 Å². The largest absolute Gasteiger partial charge is 0.370 e. The van der Waals surface area contributed by atoms with Gasteiger partial charge in [-0.1, -0.05) is 6.92 Å². The molecule has 1 aromatic heterocycles. The molecule has 0 aromatic carbocycles. The maximum absolute atomic E-state index is 11.8. The number of pyridine rings is 1. The highest BCUT2D eigenvalue weighted by molar-refractivity contribution is 5.44. The summed E-state index contributed by atoms with van der Waals surface area (Å²) in [5.74, 6) is 0.826. The summed E-state index contributed by atoms with van der Waals surface area (Å²) in [6.07, 6.45) is 6.43. The van der Waals surface area contributed by atoms with Gasteiger partial charge >= 0.3 is 0 Å². The van der Waals surface area contributed by atoms with Crippen LogP contribution in [0, 0.1) is 5.92 Å². The van der Waals surface area contributed by atoms with Crippen molar-refractivity contribution in [3.63, 3.8) is 0 Å². The highest BCUT2D eigenvalue weighted by atomic mass is 16.1. The van der Waals surface area contributed by atoms with Crippen molar-refractivity contribution in [2.75, 3.05) is 24.5 Å². The summed E-state index contributed by atoms with van der Waals surface area (Å²) in [5, 5.41) is 0. The van der Waals surface area contributed by atoms with Gasteiger partial charge in [0, 0.05) is 31.9 Å². The van der Waals surface area contributed by atoms with Crippen LogP contribution in [0.2, 0.25) is 0 Å². The molecule has 106 valence electrons. The molecule has 0 saturated carbocycles. The lowest BCUT2D eigenvalue weighted by Gasteiger charge is -2.32. The first-order chi connectivity index (χ1) is 9.20. The molecule has 0 bridgehead atoms. The second-order valence-electron chi connectivity index (χ2n) is 5.58. The molecule has 0 unspecified atom stereocenters. The third-order valence-electron chi connectivity index (χ3n) is 3.97. The maximum atomic E-state index is 11.8. The second-order valence-corrected chi connectivity index (χ2v) is 5.58. The molecular weight excluding hydrogens is 238 g/mol. The van der Waals surface area contributed by atoms with E-state index in [4.69, 9.17) is 5.73 Å². The molecule has 0 aliphatic carbocycles. The number of piperidine rings is 1. The lowest BCUT2D eigenvalue weighted by molar-refractivity contribution is 0.437. The van der Waals surface area contributed by atoms with Gasteiger partial charge in [-0.05, 0) is 44.2 Å². The Balaban J connectivity index is 2.05. The van der Waals surface area contributed by atoms with Crippen LogP contribution in [-0.2, 0) is 6.54 Å². The smallest absolute Gasteiger partial charge is 0.250 e. The number of nitrogens with zero attached hydrogens (tertiary/aromatic N) is 2. The van der Waals surface area contributed by atoms with E-state index < -0.39 is 0 Å². The average Bonchev–Trinajstić information content (AvgIpc) is 2.42. The molecule has 2 heterocycles. The molecule has 4 heteroatoms. The Kier molecular flexibility index (Phi) is 5.02. The van der Waals surface area contributed by atoms with Crippen molar-refractivity contribution in [2.24, 2.45) is 11.7 Å². The van der Waals surface area contributed by atoms with Gasteiger partial charge in [0.2, 0.25) is 0 Å². The molecule has 1 aromatic rings. The van der Waals surface area contributed by atoms with E-state index in [0.717, 1.165) is 38.4 Å². The standard InChI is InChI=1S/C15H25N3O/c1-13-6-10-17(11-7-13)14-4-5-15(19)18(12-14)9-3-2-8-16/h4-5,12-13H,2-3,6-11,16H2,1H3. The highest BCUT2D eigenvalue weighted by Crippen LogP contribution is 2.21. The van der Waals surface area contributed by atoms with Crippen LogP contribution < -0.4 is 16.2 Å². The number of aryl methyl sites for hydroxylation is 1. The van der Waals surface area contributed by atoms with Crippen LogP contribution >= 0.6 is 0 Å². The number of anilines is 1. The van der Waals surface area contributed by atoms with Crippen molar-refractivity contribution < 1.29 is 0 Å². The summed E-state index contributed by atoms with van der Waals surface area (Å²) in [6, 6.07) is 3.65. The highest BCUT2D eigenvalue weighted by Gasteiger charge is 2.16. The van der Waals surface area contributed by atoms with E-state index in [-0.39, 0.29) is 5.56 Å². The predicted molar refractivity (Wildman–Crippen MR) is 79.6 cm³/mol. The quantitative estimate of drug-likeness (QED) is 0.825. The average molecular weight is 263 g/mol. The van der Waals surface area contributed by atoms with Crippen molar-refractivity contribution in [3.05, 3.63) is 28.7 Å². The Bertz CT molecular complexity index is 447. The molecule has 2 rings (SSSR count). The first kappa shape index (κ1) is 14.1. The van der Waals surface area contributed by atoms with Gasteiger partial charge in [0.05, 0.1) is 5.69 Å². The van der Waals surface area contributed by atoms with E-state index in [0.29, 0.717) is 6.54 Å². The molecule has 0 atom stereocenters. The van der Waals surface area contributed by atoms with Crippen molar-refractivity contribution in [3.8, 4) is 0 Å². The molecule has 0 amide bonds. The van der Waals surface area contributed by atoms with Gasteiger partial charge in [-0.3, -0.25) is 4.79 Å². The number of aromatic nitrogens is 1. The Morgan fingerprint density at radius 2 is 2.00 bits per heavy atom. The molecule has 2 N–H and O–H groups in total. The van der Waals surface area contributed by atoms with Crippen LogP contribution in [0.3, 0.4) is 0 Å². The van der Waals surface area contributed by atoms with Gasteiger partial charge in [-0.25, -0.2) is 0 Å². The van der Waals surface area contributed by atoms with E-state index in [9.17, 15) is 4.79 Å². The van der Waals surface area contributed by atoms with Gasteiger partial charge in [0.15, 0.2) is 0 Å². The third kappa shape index (κ3) is 3.83. The first-order valence-corrected chi connectivity index (χ1v) is 7.36. The van der Waals surface area contributed by atoms with Gasteiger partial charge in [-0.2, -0.15) is 0 Å². The number of nitrogens with two attached hydrogens (primary N) is 1. The molecule has 4 nitrogen and oxygen atoms in total. The fourth-order valence-corrected chi connectivity index (χ4v) is 2.57. The van der Waals surface area contributed by atoms with Crippen molar-refractivity contribution >= 4 is 5.69 Å². The third-order valence-corrected chi connectivity index (χ3v) is 3.97. The topological polar surface area (TPSA) is 51.3 Å². The number of hydrogen-bond donors (Lipinski definition) is 1. The van der Waals surface area contributed by atoms with Gasteiger partial charge < -0.3 is 15.2 Å². The molecule has 1 aliphatic heterocycles. The fourth-order valence-electron chi connectivity index (χ4n) is 2.57. The summed E-state index contributed by atoms with van der Waals surface area (Å²) < 4.78 is 1.82. The van der Waals surface area contributed by atoms with Crippen molar-refractivity contribution in [1.29, 1.82) is 0 Å². The van der Waals surface area contributed by atoms with Crippen LogP contribution in [-0.4, -0.2) is 24.2 Å². The minimum Gasteiger partial charge on any atom is -0.370 e. The summed E-state index contributed by atoms with van der Waals surface area (Å²) in [7, 11) is 0. The molecular formula is C15H25N3O. The monoisotopic (exact) mass is 263 g/mol. The van der Waals surface area contributed by atoms with Crippen LogP contribution in [0.25, 0.3) is 0 Å². The van der Waals surface area contributed by atoms with Gasteiger partial charge in [0.25, 0.3) is 5.56 Å². The van der Waals surface area contributed by atoms with Gasteiger partial charge in [0.1, 0.15) is 0 Å². The normalized spacial score (nSPS) is 16.8. The van der Waals surface area contributed by atoms with E-state index in [1.807, 2.05) is 16.8 Å². The lowest BCUT2D eigenvalue weighted by Crippen LogP contribution is -2.33. The van der Waals surface area contributed by atoms with Crippen LogP contribution in [0.4, 0.5) is 5.69 Å². The molecule has 1 aliphatic rings. The van der Waals surface area contributed by atoms with Crippen molar-refractivity contribution in [1.82, 2.24) is 4.57 Å². The number of hydrogen-bond acceptors (Lipinski definition) is 3. The minimum absolute atomic E-state index is 0.0890. The van der Waals surface area contributed by atoms with Crippen LogP contribution in [0.1, 0.15) is 32.6 Å². The maximum Gasteiger partial charge on any atom is 0.250 e. The Labute approximate surface area is 115 Å². The zero-order valence-electron chi connectivity index (χ0n) is 11.8. The second kappa shape index (κ2) is 6.75. The Hall–Kier alpha value is -1.29. The number of rotatable bonds is 5. The van der Waals surface area contributed by atoms with E-state index in [1.54, 1.807) is 6.07 Å². The van der Waals surface area contributed by atoms with Crippen LogP contribution in [0.15, 0.2) is 23.1 Å². The lowest BCUT2D eigenvalue weighted by atomic mass is 9.99. The van der Waals surface area contributed by atoms with E-state index >= 15 is 0 Å². The predicted octanol–water partition coefficient (Wildman–Crippen LogP) is 1.82. The van der Waals surface area contributed by atoms with Gasteiger partial charge in [-0.15, -0.1) is 0 Å². The summed E-state index contributed by atoms with van der Waals surface area (Å²) in [6.45, 7) is 5.97. The number of unbranched alkanes of at least 4 members (excludes halogenated alkanes) is 1. The van der Waals surface area contributed by atoms with Crippen LogP contribution in [0.5, 0.6) is 0 Å². The molecule has 1 saturated heterocycles. The zero-order chi connectivity index (χ0) is 13.7.